The summed E-state index contributed by atoms with van der Waals surface area (Å²) in [6.45, 7) is 5.75. The number of aryl methyl sites for hydroxylation is 3. The number of aromatic nitrogens is 5. The average molecular weight is 578 g/mol. The van der Waals surface area contributed by atoms with Crippen molar-refractivity contribution in [2.24, 2.45) is 0 Å². The van der Waals surface area contributed by atoms with E-state index in [0.29, 0.717) is 38.0 Å². The quantitative estimate of drug-likeness (QED) is 0.205. The van der Waals surface area contributed by atoms with Gasteiger partial charge in [-0.2, -0.15) is 0 Å². The zero-order valence-electron chi connectivity index (χ0n) is 18.4. The van der Waals surface area contributed by atoms with Crippen molar-refractivity contribution in [3.05, 3.63) is 85.3 Å². The second-order valence-electron chi connectivity index (χ2n) is 7.56. The molecule has 174 valence electrons. The van der Waals surface area contributed by atoms with Gasteiger partial charge in [-0.1, -0.05) is 56.1 Å². The smallest absolute Gasteiger partial charge is 0.278 e. The van der Waals surface area contributed by atoms with Gasteiger partial charge in [0.15, 0.2) is 10.9 Å². The first kappa shape index (κ1) is 24.7. The Morgan fingerprint density at radius 1 is 1.03 bits per heavy atom. The van der Waals surface area contributed by atoms with Crippen LogP contribution in [0.4, 0.5) is 5.69 Å². The van der Waals surface area contributed by atoms with Crippen LogP contribution in [0.25, 0.3) is 5.69 Å². The fraction of sp³-hybridized carbons (Fsp3) is 0.174. The third-order valence-electron chi connectivity index (χ3n) is 4.81. The number of hydrogen-bond acceptors (Lipinski definition) is 6. The minimum absolute atomic E-state index is 0.190. The maximum Gasteiger partial charge on any atom is 0.278 e. The Balaban J connectivity index is 1.71. The van der Waals surface area contributed by atoms with Crippen LogP contribution in [0.5, 0.6) is 0 Å². The average Bonchev–Trinajstić information content (AvgIpc) is 3.17. The maximum absolute atomic E-state index is 13.2. The highest BCUT2D eigenvalue weighted by Crippen LogP contribution is 2.28. The highest BCUT2D eigenvalue weighted by atomic mass is 79.9. The van der Waals surface area contributed by atoms with Gasteiger partial charge in [0.1, 0.15) is 0 Å². The fourth-order valence-corrected chi connectivity index (χ4v) is 5.25. The minimum atomic E-state index is -0.373. The van der Waals surface area contributed by atoms with Gasteiger partial charge >= 0.3 is 0 Å². The molecule has 0 spiro atoms. The van der Waals surface area contributed by atoms with Crippen LogP contribution in [-0.2, 0) is 5.75 Å². The molecule has 0 aliphatic carbocycles. The molecule has 4 aromatic rings. The Labute approximate surface area is 219 Å². The molecule has 0 bridgehead atoms. The van der Waals surface area contributed by atoms with Crippen LogP contribution in [0.2, 0.25) is 10.0 Å². The third-order valence-corrected chi connectivity index (χ3v) is 6.59. The van der Waals surface area contributed by atoms with Crippen LogP contribution in [0, 0.1) is 20.8 Å². The lowest BCUT2D eigenvalue weighted by atomic mass is 10.2. The number of thioether (sulfide) groups is 1. The standard InChI is InChI=1S/C23H19BrCl2N6OS/c1-12-6-15(24)4-5-19(12)29-22(33)21-20(11-34-23-27-13(2)7-14(3)28-23)32(31-30-21)18-9-16(25)8-17(26)10-18/h4-10H,11H2,1-3H3,(H,29,33). The summed E-state index contributed by atoms with van der Waals surface area (Å²) in [6, 6.07) is 12.6. The number of halogens is 3. The molecule has 0 unspecified atom stereocenters. The van der Waals surface area contributed by atoms with E-state index in [2.05, 4.69) is 41.5 Å². The zero-order valence-corrected chi connectivity index (χ0v) is 22.3. The van der Waals surface area contributed by atoms with Crippen molar-refractivity contribution in [2.75, 3.05) is 5.32 Å². The molecule has 2 aromatic carbocycles. The Morgan fingerprint density at radius 2 is 1.71 bits per heavy atom. The number of carbonyl (C=O) groups is 1. The van der Waals surface area contributed by atoms with Gasteiger partial charge in [0.05, 0.1) is 11.4 Å². The molecule has 11 heteroatoms. The molecule has 4 rings (SSSR count). The second kappa shape index (κ2) is 10.4. The van der Waals surface area contributed by atoms with Gasteiger partial charge in [0.25, 0.3) is 5.91 Å². The number of anilines is 1. The Kier molecular flexibility index (Phi) is 7.57. The van der Waals surface area contributed by atoms with Crippen molar-refractivity contribution in [1.82, 2.24) is 25.0 Å². The number of hydrogen-bond donors (Lipinski definition) is 1. The molecule has 7 nitrogen and oxygen atoms in total. The van der Waals surface area contributed by atoms with Crippen molar-refractivity contribution in [3.63, 3.8) is 0 Å². The maximum atomic E-state index is 13.2. The van der Waals surface area contributed by atoms with E-state index in [1.165, 1.54) is 11.8 Å². The predicted molar refractivity (Wildman–Crippen MR) is 139 cm³/mol. The number of nitrogens with zero attached hydrogens (tertiary/aromatic N) is 5. The van der Waals surface area contributed by atoms with E-state index in [-0.39, 0.29) is 11.6 Å². The summed E-state index contributed by atoms with van der Waals surface area (Å²) in [7, 11) is 0. The van der Waals surface area contributed by atoms with Crippen molar-refractivity contribution >= 4 is 62.5 Å². The molecule has 34 heavy (non-hydrogen) atoms. The lowest BCUT2D eigenvalue weighted by Crippen LogP contribution is -2.16. The summed E-state index contributed by atoms with van der Waals surface area (Å²) in [5.41, 5.74) is 4.69. The highest BCUT2D eigenvalue weighted by Gasteiger charge is 2.22. The fourth-order valence-electron chi connectivity index (χ4n) is 3.32. The molecule has 1 N–H and O–H groups in total. The summed E-state index contributed by atoms with van der Waals surface area (Å²) in [6.07, 6.45) is 0. The van der Waals surface area contributed by atoms with Gasteiger partial charge in [-0.25, -0.2) is 14.6 Å². The first-order valence-corrected chi connectivity index (χ1v) is 12.7. The summed E-state index contributed by atoms with van der Waals surface area (Å²) >= 11 is 17.3. The Bertz CT molecular complexity index is 1350. The van der Waals surface area contributed by atoms with Gasteiger partial charge in [0, 0.05) is 37.3 Å². The van der Waals surface area contributed by atoms with Gasteiger partial charge in [0.2, 0.25) is 0 Å². The predicted octanol–water partition coefficient (Wildman–Crippen LogP) is 6.60. The van der Waals surface area contributed by atoms with Gasteiger partial charge in [-0.3, -0.25) is 4.79 Å². The monoisotopic (exact) mass is 576 g/mol. The SMILES string of the molecule is Cc1cc(C)nc(SCc2c(C(=O)Nc3ccc(Br)cc3C)nnn2-c2cc(Cl)cc(Cl)c2)n1. The van der Waals surface area contributed by atoms with E-state index in [9.17, 15) is 4.79 Å². The van der Waals surface area contributed by atoms with Gasteiger partial charge in [-0.05, 0) is 68.8 Å². The molecule has 2 heterocycles. The minimum Gasteiger partial charge on any atom is -0.320 e. The van der Waals surface area contributed by atoms with Crippen LogP contribution >= 0.6 is 50.9 Å². The van der Waals surface area contributed by atoms with Crippen LogP contribution < -0.4 is 5.32 Å². The molecule has 0 saturated carbocycles. The van der Waals surface area contributed by atoms with Crippen molar-refractivity contribution in [2.45, 2.75) is 31.7 Å². The van der Waals surface area contributed by atoms with Crippen LogP contribution in [0.1, 0.15) is 33.1 Å². The zero-order chi connectivity index (χ0) is 24.4. The van der Waals surface area contributed by atoms with Gasteiger partial charge in [-0.15, -0.1) is 5.10 Å². The first-order valence-electron chi connectivity index (χ1n) is 10.1. The van der Waals surface area contributed by atoms with E-state index in [4.69, 9.17) is 23.2 Å². The summed E-state index contributed by atoms with van der Waals surface area (Å²) in [5.74, 6) is -0.0241. The van der Waals surface area contributed by atoms with E-state index < -0.39 is 0 Å². The van der Waals surface area contributed by atoms with Crippen molar-refractivity contribution < 1.29 is 4.79 Å². The number of amides is 1. The molecule has 0 atom stereocenters. The van der Waals surface area contributed by atoms with E-state index in [1.54, 1.807) is 22.9 Å². The number of nitrogens with one attached hydrogen (secondary N) is 1. The second-order valence-corrected chi connectivity index (χ2v) is 10.3. The molecule has 1 amide bonds. The first-order chi connectivity index (χ1) is 16.2. The topological polar surface area (TPSA) is 85.6 Å². The lowest BCUT2D eigenvalue weighted by Gasteiger charge is -2.11. The van der Waals surface area contributed by atoms with E-state index in [1.807, 2.05) is 45.0 Å². The van der Waals surface area contributed by atoms with Crippen molar-refractivity contribution in [1.29, 1.82) is 0 Å². The Morgan fingerprint density at radius 3 is 2.35 bits per heavy atom. The molecule has 2 aromatic heterocycles. The lowest BCUT2D eigenvalue weighted by molar-refractivity contribution is 0.102. The van der Waals surface area contributed by atoms with Crippen molar-refractivity contribution in [3.8, 4) is 5.69 Å². The molecule has 0 aliphatic heterocycles. The summed E-state index contributed by atoms with van der Waals surface area (Å²) in [4.78, 5) is 22.2. The Hall–Kier alpha value is -2.46. The molecular formula is C23H19BrCl2N6OS. The number of carbonyl (C=O) groups excluding carboxylic acids is 1. The highest BCUT2D eigenvalue weighted by molar-refractivity contribution is 9.10. The molecular weight excluding hydrogens is 559 g/mol. The van der Waals surface area contributed by atoms with Crippen LogP contribution in [-0.4, -0.2) is 30.9 Å². The largest absolute Gasteiger partial charge is 0.320 e. The normalized spacial score (nSPS) is 11.0. The molecule has 0 radical (unpaired) electrons. The molecule has 0 fully saturated rings. The van der Waals surface area contributed by atoms with E-state index >= 15 is 0 Å². The van der Waals surface area contributed by atoms with Crippen LogP contribution in [0.15, 0.2) is 52.1 Å². The number of benzene rings is 2. The molecule has 0 aliphatic rings. The number of rotatable bonds is 6. The summed E-state index contributed by atoms with van der Waals surface area (Å²) < 4.78 is 2.49. The molecule has 0 saturated heterocycles. The van der Waals surface area contributed by atoms with Crippen LogP contribution in [0.3, 0.4) is 0 Å². The van der Waals surface area contributed by atoms with Gasteiger partial charge < -0.3 is 5.32 Å². The van der Waals surface area contributed by atoms with E-state index in [0.717, 1.165) is 21.4 Å². The summed E-state index contributed by atoms with van der Waals surface area (Å²) in [5, 5.41) is 12.9. The third kappa shape index (κ3) is 5.78.